The maximum absolute atomic E-state index is 11.4. The minimum Gasteiger partial charge on any atom is -0.397 e. The van der Waals surface area contributed by atoms with Gasteiger partial charge in [0.15, 0.2) is 0 Å². The summed E-state index contributed by atoms with van der Waals surface area (Å²) in [6, 6.07) is 1.37. The Balaban J connectivity index is 3.27. The van der Waals surface area contributed by atoms with Crippen LogP contribution in [0.3, 0.4) is 0 Å². The maximum Gasteiger partial charge on any atom is 0.252 e. The Morgan fingerprint density at radius 1 is 1.39 bits per heavy atom. The average Bonchev–Trinajstić information content (AvgIpc) is 2.25. The van der Waals surface area contributed by atoms with Gasteiger partial charge >= 0.3 is 0 Å². The fraction of sp³-hybridized carbons (Fsp3) is 0.364. The summed E-state index contributed by atoms with van der Waals surface area (Å²) < 4.78 is 0. The van der Waals surface area contributed by atoms with Gasteiger partial charge in [-0.2, -0.15) is 0 Å². The molecule has 0 fully saturated rings. The molecule has 0 radical (unpaired) electrons. The van der Waals surface area contributed by atoms with E-state index in [2.05, 4.69) is 4.98 Å². The predicted octanol–water partition coefficient (Wildman–Crippen LogP) is -0.537. The van der Waals surface area contributed by atoms with Crippen molar-refractivity contribution in [1.29, 1.82) is 0 Å². The fourth-order valence-corrected chi connectivity index (χ4v) is 1.55. The van der Waals surface area contributed by atoms with E-state index in [0.717, 1.165) is 0 Å². The lowest BCUT2D eigenvalue weighted by Gasteiger charge is -2.27. The van der Waals surface area contributed by atoms with Crippen LogP contribution in [-0.4, -0.2) is 29.4 Å². The maximum atomic E-state index is 11.4. The fourth-order valence-electron chi connectivity index (χ4n) is 1.55. The third-order valence-corrected chi connectivity index (χ3v) is 2.37. The van der Waals surface area contributed by atoms with Crippen LogP contribution in [0.1, 0.15) is 24.2 Å². The molecular weight excluding hydrogens is 234 g/mol. The first-order valence-corrected chi connectivity index (χ1v) is 5.43. The molecule has 18 heavy (non-hydrogen) atoms. The molecule has 0 unspecified atom stereocenters. The Morgan fingerprint density at radius 2 is 2.00 bits per heavy atom. The number of nitrogens with two attached hydrogens (primary N) is 3. The van der Waals surface area contributed by atoms with Crippen LogP contribution in [0.25, 0.3) is 0 Å². The SMILES string of the molecule is CC(C)N(CC(N)=O)c1ncc(N)cc1C(N)=O. The summed E-state index contributed by atoms with van der Waals surface area (Å²) in [6.07, 6.45) is 1.40. The Labute approximate surface area is 105 Å². The number of nitrogens with zero attached hydrogens (tertiary/aromatic N) is 2. The summed E-state index contributed by atoms with van der Waals surface area (Å²) in [6.45, 7) is 3.66. The van der Waals surface area contributed by atoms with Gasteiger partial charge in [-0.15, -0.1) is 0 Å². The van der Waals surface area contributed by atoms with Gasteiger partial charge < -0.3 is 22.1 Å². The van der Waals surface area contributed by atoms with Crippen LogP contribution in [0.15, 0.2) is 12.3 Å². The topological polar surface area (TPSA) is 128 Å². The molecule has 0 saturated heterocycles. The number of rotatable bonds is 5. The van der Waals surface area contributed by atoms with E-state index in [4.69, 9.17) is 17.2 Å². The molecule has 98 valence electrons. The smallest absolute Gasteiger partial charge is 0.252 e. The van der Waals surface area contributed by atoms with E-state index in [0.29, 0.717) is 11.5 Å². The van der Waals surface area contributed by atoms with E-state index in [9.17, 15) is 9.59 Å². The lowest BCUT2D eigenvalue weighted by Crippen LogP contribution is -2.40. The summed E-state index contributed by atoms with van der Waals surface area (Å²) in [5.41, 5.74) is 16.5. The van der Waals surface area contributed by atoms with Crippen molar-refractivity contribution >= 4 is 23.3 Å². The van der Waals surface area contributed by atoms with Gasteiger partial charge in [0.25, 0.3) is 5.91 Å². The van der Waals surface area contributed by atoms with E-state index in [1.807, 2.05) is 13.8 Å². The number of carbonyl (C=O) groups is 2. The number of hydrogen-bond donors (Lipinski definition) is 3. The molecule has 0 bridgehead atoms. The first-order valence-electron chi connectivity index (χ1n) is 5.43. The van der Waals surface area contributed by atoms with Gasteiger partial charge in [0, 0.05) is 6.04 Å². The molecule has 7 heteroatoms. The molecule has 2 amide bonds. The van der Waals surface area contributed by atoms with E-state index in [1.54, 1.807) is 4.90 Å². The molecule has 0 atom stereocenters. The molecule has 1 rings (SSSR count). The molecule has 7 nitrogen and oxygen atoms in total. The van der Waals surface area contributed by atoms with Crippen LogP contribution in [0.5, 0.6) is 0 Å². The molecule has 6 N–H and O–H groups in total. The number of primary amides is 2. The van der Waals surface area contributed by atoms with Crippen molar-refractivity contribution in [3.8, 4) is 0 Å². The Bertz CT molecular complexity index is 473. The van der Waals surface area contributed by atoms with Crippen molar-refractivity contribution in [3.63, 3.8) is 0 Å². The molecule has 0 saturated carbocycles. The largest absolute Gasteiger partial charge is 0.397 e. The van der Waals surface area contributed by atoms with Gasteiger partial charge in [0.1, 0.15) is 5.82 Å². The zero-order valence-corrected chi connectivity index (χ0v) is 10.4. The van der Waals surface area contributed by atoms with Gasteiger partial charge in [-0.25, -0.2) is 4.98 Å². The van der Waals surface area contributed by atoms with Crippen LogP contribution in [0.2, 0.25) is 0 Å². The van der Waals surface area contributed by atoms with E-state index >= 15 is 0 Å². The second-order valence-electron chi connectivity index (χ2n) is 4.19. The number of anilines is 2. The molecule has 0 spiro atoms. The van der Waals surface area contributed by atoms with E-state index in [-0.39, 0.29) is 18.2 Å². The number of amides is 2. The van der Waals surface area contributed by atoms with Crippen molar-refractivity contribution in [3.05, 3.63) is 17.8 Å². The molecule has 1 aromatic rings. The molecule has 0 aliphatic heterocycles. The number of hydrogen-bond acceptors (Lipinski definition) is 5. The van der Waals surface area contributed by atoms with Crippen molar-refractivity contribution in [1.82, 2.24) is 4.98 Å². The highest BCUT2D eigenvalue weighted by atomic mass is 16.1. The normalized spacial score (nSPS) is 10.4. The van der Waals surface area contributed by atoms with E-state index < -0.39 is 11.8 Å². The third-order valence-electron chi connectivity index (χ3n) is 2.37. The average molecular weight is 251 g/mol. The quantitative estimate of drug-likeness (QED) is 0.647. The molecule has 0 aliphatic rings. The van der Waals surface area contributed by atoms with Gasteiger partial charge in [0.05, 0.1) is 24.0 Å². The van der Waals surface area contributed by atoms with Gasteiger partial charge in [-0.3, -0.25) is 9.59 Å². The monoisotopic (exact) mass is 251 g/mol. The summed E-state index contributed by atoms with van der Waals surface area (Å²) >= 11 is 0. The van der Waals surface area contributed by atoms with Crippen molar-refractivity contribution in [2.75, 3.05) is 17.2 Å². The minimum atomic E-state index is -0.653. The summed E-state index contributed by atoms with van der Waals surface area (Å²) in [5, 5.41) is 0. The standard InChI is InChI=1S/C11H17N5O2/c1-6(2)16(5-9(13)17)11-8(10(14)18)3-7(12)4-15-11/h3-4,6H,5,12H2,1-2H3,(H2,13,17)(H2,14,18). The minimum absolute atomic E-state index is 0.0468. The third kappa shape index (κ3) is 3.09. The Morgan fingerprint density at radius 3 is 2.44 bits per heavy atom. The lowest BCUT2D eigenvalue weighted by atomic mass is 10.2. The molecule has 1 aromatic heterocycles. The summed E-state index contributed by atoms with van der Waals surface area (Å²) in [7, 11) is 0. The number of nitrogen functional groups attached to an aromatic ring is 1. The van der Waals surface area contributed by atoms with Crippen LogP contribution >= 0.6 is 0 Å². The van der Waals surface area contributed by atoms with Gasteiger partial charge in [-0.05, 0) is 19.9 Å². The predicted molar refractivity (Wildman–Crippen MR) is 68.8 cm³/mol. The molecule has 1 heterocycles. The molecule has 0 aliphatic carbocycles. The lowest BCUT2D eigenvalue weighted by molar-refractivity contribution is -0.116. The van der Waals surface area contributed by atoms with E-state index in [1.165, 1.54) is 12.3 Å². The molecule has 0 aromatic carbocycles. The van der Waals surface area contributed by atoms with Gasteiger partial charge in [0.2, 0.25) is 5.91 Å². The van der Waals surface area contributed by atoms with Gasteiger partial charge in [-0.1, -0.05) is 0 Å². The first kappa shape index (κ1) is 13.8. The number of pyridine rings is 1. The highest BCUT2D eigenvalue weighted by molar-refractivity contribution is 5.99. The summed E-state index contributed by atoms with van der Waals surface area (Å²) in [4.78, 5) is 28.1. The second-order valence-corrected chi connectivity index (χ2v) is 4.19. The van der Waals surface area contributed by atoms with Crippen molar-refractivity contribution < 1.29 is 9.59 Å². The summed E-state index contributed by atoms with van der Waals surface area (Å²) in [5.74, 6) is -0.858. The van der Waals surface area contributed by atoms with Crippen LogP contribution in [0, 0.1) is 0 Å². The Kier molecular flexibility index (Phi) is 4.09. The Hall–Kier alpha value is -2.31. The van der Waals surface area contributed by atoms with Crippen LogP contribution in [0.4, 0.5) is 11.5 Å². The zero-order chi connectivity index (χ0) is 13.9. The highest BCUT2D eigenvalue weighted by Crippen LogP contribution is 2.21. The number of carbonyl (C=O) groups excluding carboxylic acids is 2. The van der Waals surface area contributed by atoms with Crippen LogP contribution < -0.4 is 22.1 Å². The highest BCUT2D eigenvalue weighted by Gasteiger charge is 2.20. The number of aromatic nitrogens is 1. The van der Waals surface area contributed by atoms with Crippen LogP contribution in [-0.2, 0) is 4.79 Å². The first-order chi connectivity index (χ1) is 8.32. The van der Waals surface area contributed by atoms with Crippen molar-refractivity contribution in [2.24, 2.45) is 11.5 Å². The second kappa shape index (κ2) is 5.35. The molecular formula is C11H17N5O2. The van der Waals surface area contributed by atoms with Crippen molar-refractivity contribution in [2.45, 2.75) is 19.9 Å². The zero-order valence-electron chi connectivity index (χ0n) is 10.4.